The second-order valence-electron chi connectivity index (χ2n) is 6.41. The highest BCUT2D eigenvalue weighted by Gasteiger charge is 2.02. The Balaban J connectivity index is 1.56. The highest BCUT2D eigenvalue weighted by atomic mass is 14.9. The maximum absolute atomic E-state index is 3.54. The van der Waals surface area contributed by atoms with E-state index in [1.165, 1.54) is 32.3 Å². The summed E-state index contributed by atoms with van der Waals surface area (Å²) in [5.74, 6) is 0. The highest BCUT2D eigenvalue weighted by molar-refractivity contribution is 6.08. The van der Waals surface area contributed by atoms with Crippen molar-refractivity contribution in [2.24, 2.45) is 0 Å². The Morgan fingerprint density at radius 1 is 0.400 bits per heavy atom. The van der Waals surface area contributed by atoms with Gasteiger partial charge < -0.3 is 5.32 Å². The monoisotopic (exact) mass is 319 g/mol. The van der Waals surface area contributed by atoms with E-state index in [0.717, 1.165) is 11.4 Å². The van der Waals surface area contributed by atoms with Gasteiger partial charge in [0, 0.05) is 11.4 Å². The molecule has 5 aromatic carbocycles. The van der Waals surface area contributed by atoms with Crippen LogP contribution in [0.4, 0.5) is 11.4 Å². The molecule has 0 spiro atoms. The third-order valence-corrected chi connectivity index (χ3v) is 4.78. The van der Waals surface area contributed by atoms with Crippen LogP contribution in [0.2, 0.25) is 0 Å². The SMILES string of the molecule is c1ccc2cc(Nc3ccc4c(ccc5ccccc54)c3)ccc2c1. The zero-order valence-corrected chi connectivity index (χ0v) is 13.7. The van der Waals surface area contributed by atoms with E-state index in [9.17, 15) is 0 Å². The molecule has 0 saturated carbocycles. The molecule has 5 aromatic rings. The Bertz CT molecular complexity index is 1220. The largest absolute Gasteiger partial charge is 0.355 e. The summed E-state index contributed by atoms with van der Waals surface area (Å²) in [6.45, 7) is 0. The number of benzene rings is 5. The van der Waals surface area contributed by atoms with Crippen LogP contribution < -0.4 is 5.32 Å². The average molecular weight is 319 g/mol. The number of anilines is 2. The third kappa shape index (κ3) is 2.50. The van der Waals surface area contributed by atoms with E-state index in [1.807, 2.05) is 0 Å². The minimum Gasteiger partial charge on any atom is -0.355 e. The molecule has 0 aromatic heterocycles. The summed E-state index contributed by atoms with van der Waals surface area (Å²) in [7, 11) is 0. The van der Waals surface area contributed by atoms with Gasteiger partial charge in [-0.25, -0.2) is 0 Å². The number of hydrogen-bond donors (Lipinski definition) is 1. The average Bonchev–Trinajstić information content (AvgIpc) is 2.67. The van der Waals surface area contributed by atoms with Crippen LogP contribution in [0.15, 0.2) is 97.1 Å². The third-order valence-electron chi connectivity index (χ3n) is 4.78. The van der Waals surface area contributed by atoms with Crippen LogP contribution in [-0.4, -0.2) is 0 Å². The lowest BCUT2D eigenvalue weighted by Gasteiger charge is -2.10. The molecule has 0 unspecified atom stereocenters. The van der Waals surface area contributed by atoms with Crippen molar-refractivity contribution < 1.29 is 0 Å². The fraction of sp³-hybridized carbons (Fsp3) is 0. The molecule has 5 rings (SSSR count). The van der Waals surface area contributed by atoms with Crippen LogP contribution >= 0.6 is 0 Å². The van der Waals surface area contributed by atoms with E-state index in [4.69, 9.17) is 0 Å². The first-order chi connectivity index (χ1) is 12.4. The molecule has 0 aliphatic heterocycles. The topological polar surface area (TPSA) is 12.0 Å². The molecular weight excluding hydrogens is 302 g/mol. The Labute approximate surface area is 146 Å². The van der Waals surface area contributed by atoms with Crippen molar-refractivity contribution in [1.29, 1.82) is 0 Å². The summed E-state index contributed by atoms with van der Waals surface area (Å²) in [5.41, 5.74) is 2.22. The molecule has 1 N–H and O–H groups in total. The van der Waals surface area contributed by atoms with Gasteiger partial charge in [-0.15, -0.1) is 0 Å². The summed E-state index contributed by atoms with van der Waals surface area (Å²) in [5, 5.41) is 11.2. The predicted molar refractivity (Wildman–Crippen MR) is 109 cm³/mol. The predicted octanol–water partition coefficient (Wildman–Crippen LogP) is 6.89. The Morgan fingerprint density at radius 3 is 1.84 bits per heavy atom. The lowest BCUT2D eigenvalue weighted by atomic mass is 10.0. The van der Waals surface area contributed by atoms with Crippen LogP contribution in [0.5, 0.6) is 0 Å². The molecule has 1 heteroatoms. The molecule has 0 atom stereocenters. The second-order valence-corrected chi connectivity index (χ2v) is 6.41. The van der Waals surface area contributed by atoms with Crippen LogP contribution in [-0.2, 0) is 0 Å². The van der Waals surface area contributed by atoms with Crippen molar-refractivity contribution in [3.63, 3.8) is 0 Å². The van der Waals surface area contributed by atoms with Crippen molar-refractivity contribution in [1.82, 2.24) is 0 Å². The van der Waals surface area contributed by atoms with Gasteiger partial charge in [0.1, 0.15) is 0 Å². The van der Waals surface area contributed by atoms with Crippen LogP contribution in [0.1, 0.15) is 0 Å². The van der Waals surface area contributed by atoms with Gasteiger partial charge in [-0.2, -0.15) is 0 Å². The Kier molecular flexibility index (Phi) is 3.17. The molecular formula is C24H17N. The summed E-state index contributed by atoms with van der Waals surface area (Å²) < 4.78 is 0. The maximum Gasteiger partial charge on any atom is 0.0390 e. The van der Waals surface area contributed by atoms with E-state index in [0.29, 0.717) is 0 Å². The zero-order valence-electron chi connectivity index (χ0n) is 13.7. The Morgan fingerprint density at radius 2 is 0.960 bits per heavy atom. The van der Waals surface area contributed by atoms with Gasteiger partial charge in [0.15, 0.2) is 0 Å². The van der Waals surface area contributed by atoms with E-state index in [-0.39, 0.29) is 0 Å². The zero-order chi connectivity index (χ0) is 16.6. The fourth-order valence-corrected chi connectivity index (χ4v) is 3.52. The normalized spacial score (nSPS) is 11.2. The lowest BCUT2D eigenvalue weighted by molar-refractivity contribution is 1.59. The molecule has 0 saturated heterocycles. The fourth-order valence-electron chi connectivity index (χ4n) is 3.52. The maximum atomic E-state index is 3.54. The van der Waals surface area contributed by atoms with E-state index >= 15 is 0 Å². The van der Waals surface area contributed by atoms with Crippen molar-refractivity contribution in [2.45, 2.75) is 0 Å². The van der Waals surface area contributed by atoms with Crippen molar-refractivity contribution in [3.05, 3.63) is 97.1 Å². The van der Waals surface area contributed by atoms with Gasteiger partial charge in [0.25, 0.3) is 0 Å². The first kappa shape index (κ1) is 14.1. The molecule has 0 heterocycles. The van der Waals surface area contributed by atoms with Gasteiger partial charge in [-0.3, -0.25) is 0 Å². The first-order valence-electron chi connectivity index (χ1n) is 8.54. The summed E-state index contributed by atoms with van der Waals surface area (Å²) in [4.78, 5) is 0. The summed E-state index contributed by atoms with van der Waals surface area (Å²) >= 11 is 0. The second kappa shape index (κ2) is 5.64. The smallest absolute Gasteiger partial charge is 0.0390 e. The first-order valence-corrected chi connectivity index (χ1v) is 8.54. The van der Waals surface area contributed by atoms with Crippen molar-refractivity contribution >= 4 is 43.7 Å². The van der Waals surface area contributed by atoms with Crippen LogP contribution in [0, 0.1) is 0 Å². The molecule has 0 aliphatic rings. The summed E-state index contributed by atoms with van der Waals surface area (Å²) in [6, 6.07) is 34.4. The van der Waals surface area contributed by atoms with Crippen molar-refractivity contribution in [2.75, 3.05) is 5.32 Å². The molecule has 0 fully saturated rings. The van der Waals surface area contributed by atoms with E-state index in [1.54, 1.807) is 0 Å². The van der Waals surface area contributed by atoms with Gasteiger partial charge >= 0.3 is 0 Å². The van der Waals surface area contributed by atoms with E-state index in [2.05, 4.69) is 102 Å². The number of fused-ring (bicyclic) bond motifs is 4. The molecule has 0 amide bonds. The summed E-state index contributed by atoms with van der Waals surface area (Å²) in [6.07, 6.45) is 0. The molecule has 25 heavy (non-hydrogen) atoms. The van der Waals surface area contributed by atoms with Gasteiger partial charge in [-0.05, 0) is 56.6 Å². The standard InChI is InChI=1S/C24H17N/c1-2-7-19-15-21(12-11-17(19)5-1)25-22-13-14-24-20(16-22)10-9-18-6-3-4-8-23(18)24/h1-16,25H. The minimum absolute atomic E-state index is 1.11. The van der Waals surface area contributed by atoms with Gasteiger partial charge in [-0.1, -0.05) is 72.8 Å². The van der Waals surface area contributed by atoms with Crippen LogP contribution in [0.3, 0.4) is 0 Å². The molecule has 1 nitrogen and oxygen atoms in total. The highest BCUT2D eigenvalue weighted by Crippen LogP contribution is 2.29. The number of nitrogens with one attached hydrogen (secondary N) is 1. The molecule has 118 valence electrons. The molecule has 0 radical (unpaired) electrons. The van der Waals surface area contributed by atoms with E-state index < -0.39 is 0 Å². The van der Waals surface area contributed by atoms with Gasteiger partial charge in [0.05, 0.1) is 0 Å². The molecule has 0 aliphatic carbocycles. The Hall–Kier alpha value is -3.32. The number of rotatable bonds is 2. The van der Waals surface area contributed by atoms with Crippen molar-refractivity contribution in [3.8, 4) is 0 Å². The lowest BCUT2D eigenvalue weighted by Crippen LogP contribution is -1.90. The van der Waals surface area contributed by atoms with Gasteiger partial charge in [0.2, 0.25) is 0 Å². The minimum atomic E-state index is 1.11. The molecule has 0 bridgehead atoms. The quantitative estimate of drug-likeness (QED) is 0.349. The number of hydrogen-bond acceptors (Lipinski definition) is 1. The van der Waals surface area contributed by atoms with Crippen LogP contribution in [0.25, 0.3) is 32.3 Å².